The number of carboxylic acids is 1. The van der Waals surface area contributed by atoms with Crippen LogP contribution in [-0.4, -0.2) is 19.5 Å². The monoisotopic (exact) mass is 320 g/mol. The molecule has 1 atom stereocenters. The van der Waals surface area contributed by atoms with Crippen molar-refractivity contribution in [3.05, 3.63) is 60.2 Å². The Bertz CT molecular complexity index is 736. The lowest BCUT2D eigenvalue weighted by atomic mass is 9.97. The first-order chi connectivity index (χ1) is 10.4. The van der Waals surface area contributed by atoms with Crippen LogP contribution < -0.4 is 4.18 Å². The molecule has 1 N–H and O–H groups in total. The average Bonchev–Trinajstić information content (AvgIpc) is 2.50. The fraction of sp³-hybridized carbons (Fsp3) is 0.188. The van der Waals surface area contributed by atoms with Gasteiger partial charge in [-0.25, -0.2) is 0 Å². The summed E-state index contributed by atoms with van der Waals surface area (Å²) in [5.41, 5.74) is 0.611. The van der Waals surface area contributed by atoms with Gasteiger partial charge in [0.05, 0.1) is 5.92 Å². The second kappa shape index (κ2) is 6.62. The predicted molar refractivity (Wildman–Crippen MR) is 81.4 cm³/mol. The van der Waals surface area contributed by atoms with Gasteiger partial charge in [-0.15, -0.1) is 0 Å². The van der Waals surface area contributed by atoms with Crippen LogP contribution in [0.5, 0.6) is 5.75 Å². The molecule has 1 unspecified atom stereocenters. The minimum atomic E-state index is -3.88. The molecule has 0 aliphatic rings. The molecule has 0 aromatic heterocycles. The van der Waals surface area contributed by atoms with Crippen molar-refractivity contribution in [3.8, 4) is 5.75 Å². The van der Waals surface area contributed by atoms with Crippen molar-refractivity contribution in [2.75, 3.05) is 0 Å². The molecule has 0 spiro atoms. The maximum Gasteiger partial charge on any atom is 0.339 e. The number of rotatable bonds is 6. The standard InChI is InChI=1S/C16H16O5S/c1-2-15(16(17)18)12-8-10-13(11-9-12)21-22(19,20)14-6-4-3-5-7-14/h3-11,15H,2H2,1H3,(H,17,18). The number of carboxylic acid groups (broad SMARTS) is 1. The van der Waals surface area contributed by atoms with E-state index in [1.807, 2.05) is 0 Å². The Balaban J connectivity index is 2.20. The highest BCUT2D eigenvalue weighted by Gasteiger charge is 2.19. The van der Waals surface area contributed by atoms with Crippen LogP contribution in [-0.2, 0) is 14.9 Å². The van der Waals surface area contributed by atoms with E-state index in [1.165, 1.54) is 24.3 Å². The molecular formula is C16H16O5S. The molecule has 0 aliphatic carbocycles. The van der Waals surface area contributed by atoms with Gasteiger partial charge in [-0.3, -0.25) is 4.79 Å². The Labute approximate surface area is 129 Å². The lowest BCUT2D eigenvalue weighted by molar-refractivity contribution is -0.138. The van der Waals surface area contributed by atoms with Crippen LogP contribution in [0.4, 0.5) is 0 Å². The molecule has 0 saturated heterocycles. The van der Waals surface area contributed by atoms with E-state index in [2.05, 4.69) is 0 Å². The Morgan fingerprint density at radius 2 is 1.68 bits per heavy atom. The lowest BCUT2D eigenvalue weighted by Gasteiger charge is -2.11. The molecule has 0 fully saturated rings. The molecule has 0 aliphatic heterocycles. The minimum Gasteiger partial charge on any atom is -0.481 e. The largest absolute Gasteiger partial charge is 0.481 e. The van der Waals surface area contributed by atoms with Crippen LogP contribution in [0.15, 0.2) is 59.5 Å². The molecule has 6 heteroatoms. The predicted octanol–water partition coefficient (Wildman–Crippen LogP) is 3.03. The maximum atomic E-state index is 12.1. The molecule has 116 valence electrons. The Morgan fingerprint density at radius 3 is 2.18 bits per heavy atom. The highest BCUT2D eigenvalue weighted by atomic mass is 32.2. The topological polar surface area (TPSA) is 80.7 Å². The van der Waals surface area contributed by atoms with Crippen molar-refractivity contribution in [1.82, 2.24) is 0 Å². The first-order valence-corrected chi connectivity index (χ1v) is 8.17. The smallest absolute Gasteiger partial charge is 0.339 e. The fourth-order valence-electron chi connectivity index (χ4n) is 2.07. The van der Waals surface area contributed by atoms with Gasteiger partial charge < -0.3 is 9.29 Å². The summed E-state index contributed by atoms with van der Waals surface area (Å²) in [6.07, 6.45) is 0.456. The fourth-order valence-corrected chi connectivity index (χ4v) is 3.02. The van der Waals surface area contributed by atoms with E-state index in [-0.39, 0.29) is 10.6 Å². The van der Waals surface area contributed by atoms with E-state index in [0.29, 0.717) is 12.0 Å². The molecule has 2 aromatic rings. The van der Waals surface area contributed by atoms with Crippen LogP contribution in [0.1, 0.15) is 24.8 Å². The van der Waals surface area contributed by atoms with E-state index in [9.17, 15) is 13.2 Å². The summed E-state index contributed by atoms with van der Waals surface area (Å²) in [5, 5.41) is 9.10. The van der Waals surface area contributed by atoms with E-state index >= 15 is 0 Å². The van der Waals surface area contributed by atoms with E-state index < -0.39 is 22.0 Å². The summed E-state index contributed by atoms with van der Waals surface area (Å²) >= 11 is 0. The van der Waals surface area contributed by atoms with Gasteiger partial charge >= 0.3 is 16.1 Å². The van der Waals surface area contributed by atoms with Crippen molar-refractivity contribution in [2.45, 2.75) is 24.2 Å². The molecule has 2 aromatic carbocycles. The van der Waals surface area contributed by atoms with E-state index in [4.69, 9.17) is 9.29 Å². The minimum absolute atomic E-state index is 0.0658. The zero-order chi connectivity index (χ0) is 16.2. The average molecular weight is 320 g/mol. The molecule has 0 bridgehead atoms. The SMILES string of the molecule is CCC(C(=O)O)c1ccc(OS(=O)(=O)c2ccccc2)cc1. The van der Waals surface area contributed by atoms with Gasteiger partial charge in [0.15, 0.2) is 0 Å². The van der Waals surface area contributed by atoms with E-state index in [0.717, 1.165) is 0 Å². The third-order valence-corrected chi connectivity index (χ3v) is 4.49. The summed E-state index contributed by atoms with van der Waals surface area (Å²) in [6, 6.07) is 13.9. The number of aliphatic carboxylic acids is 1. The van der Waals surface area contributed by atoms with Crippen LogP contribution in [0.2, 0.25) is 0 Å². The Hall–Kier alpha value is -2.34. The van der Waals surface area contributed by atoms with Crippen molar-refractivity contribution >= 4 is 16.1 Å². The summed E-state index contributed by atoms with van der Waals surface area (Å²) in [4.78, 5) is 11.2. The van der Waals surface area contributed by atoms with Gasteiger partial charge in [0, 0.05) is 0 Å². The number of hydrogen-bond acceptors (Lipinski definition) is 4. The number of hydrogen-bond donors (Lipinski definition) is 1. The zero-order valence-corrected chi connectivity index (χ0v) is 12.8. The van der Waals surface area contributed by atoms with Crippen LogP contribution in [0.25, 0.3) is 0 Å². The van der Waals surface area contributed by atoms with Gasteiger partial charge in [0.25, 0.3) is 0 Å². The van der Waals surface area contributed by atoms with Crippen molar-refractivity contribution in [3.63, 3.8) is 0 Å². The number of benzene rings is 2. The normalized spacial score (nSPS) is 12.6. The highest BCUT2D eigenvalue weighted by Crippen LogP contribution is 2.24. The van der Waals surface area contributed by atoms with Crippen molar-refractivity contribution < 1.29 is 22.5 Å². The molecular weight excluding hydrogens is 304 g/mol. The quantitative estimate of drug-likeness (QED) is 0.827. The molecule has 2 rings (SSSR count). The summed E-state index contributed by atoms with van der Waals surface area (Å²) in [6.45, 7) is 1.78. The lowest BCUT2D eigenvalue weighted by Crippen LogP contribution is -2.11. The number of carbonyl (C=O) groups is 1. The second-order valence-corrected chi connectivity index (χ2v) is 6.26. The van der Waals surface area contributed by atoms with Gasteiger partial charge in [-0.05, 0) is 36.2 Å². The van der Waals surface area contributed by atoms with Crippen LogP contribution >= 0.6 is 0 Å². The second-order valence-electron chi connectivity index (χ2n) is 4.72. The molecule has 5 nitrogen and oxygen atoms in total. The molecule has 0 amide bonds. The van der Waals surface area contributed by atoms with Crippen LogP contribution in [0.3, 0.4) is 0 Å². The first-order valence-electron chi connectivity index (χ1n) is 6.76. The van der Waals surface area contributed by atoms with Crippen molar-refractivity contribution in [2.24, 2.45) is 0 Å². The molecule has 0 saturated carbocycles. The van der Waals surface area contributed by atoms with Crippen molar-refractivity contribution in [1.29, 1.82) is 0 Å². The molecule has 22 heavy (non-hydrogen) atoms. The summed E-state index contributed by atoms with van der Waals surface area (Å²) in [7, 11) is -3.88. The van der Waals surface area contributed by atoms with Crippen LogP contribution in [0, 0.1) is 0 Å². The van der Waals surface area contributed by atoms with E-state index in [1.54, 1.807) is 37.3 Å². The third kappa shape index (κ3) is 3.65. The summed E-state index contributed by atoms with van der Waals surface area (Å²) in [5.74, 6) is -1.37. The Kier molecular flexibility index (Phi) is 4.82. The van der Waals surface area contributed by atoms with Gasteiger partial charge in [-0.1, -0.05) is 37.3 Å². The molecule has 0 radical (unpaired) electrons. The molecule has 0 heterocycles. The highest BCUT2D eigenvalue weighted by molar-refractivity contribution is 7.87. The third-order valence-electron chi connectivity index (χ3n) is 3.23. The summed E-state index contributed by atoms with van der Waals surface area (Å²) < 4.78 is 29.2. The van der Waals surface area contributed by atoms with Gasteiger partial charge in [0.2, 0.25) is 0 Å². The van der Waals surface area contributed by atoms with Gasteiger partial charge in [-0.2, -0.15) is 8.42 Å². The first kappa shape index (κ1) is 16.0. The maximum absolute atomic E-state index is 12.1. The zero-order valence-electron chi connectivity index (χ0n) is 12.0. The van der Waals surface area contributed by atoms with Gasteiger partial charge in [0.1, 0.15) is 10.6 Å². The Morgan fingerprint density at radius 1 is 1.09 bits per heavy atom.